The molecule has 0 aromatic heterocycles. The van der Waals surface area contributed by atoms with Crippen LogP contribution in [-0.4, -0.2) is 37.2 Å². The van der Waals surface area contributed by atoms with E-state index in [4.69, 9.17) is 4.74 Å². The summed E-state index contributed by atoms with van der Waals surface area (Å²) in [6, 6.07) is 10.3. The van der Waals surface area contributed by atoms with E-state index in [0.29, 0.717) is 16.9 Å². The van der Waals surface area contributed by atoms with Gasteiger partial charge in [0, 0.05) is 11.0 Å². The number of hydrogen-bond acceptors (Lipinski definition) is 2. The van der Waals surface area contributed by atoms with Gasteiger partial charge in [0.15, 0.2) is 6.54 Å². The molecule has 0 amide bonds. The van der Waals surface area contributed by atoms with Gasteiger partial charge >= 0.3 is 5.97 Å². The topological polar surface area (TPSA) is 26.3 Å². The van der Waals surface area contributed by atoms with E-state index in [9.17, 15) is 4.79 Å². The van der Waals surface area contributed by atoms with Gasteiger partial charge in [0.25, 0.3) is 0 Å². The van der Waals surface area contributed by atoms with Gasteiger partial charge in [0.2, 0.25) is 0 Å². The molecule has 3 atom stereocenters. The van der Waals surface area contributed by atoms with Crippen molar-refractivity contribution in [2.75, 3.05) is 20.6 Å². The summed E-state index contributed by atoms with van der Waals surface area (Å²) in [5.41, 5.74) is 1.68. The number of benzene rings is 1. The zero-order chi connectivity index (χ0) is 17.6. The predicted molar refractivity (Wildman–Crippen MR) is 96.2 cm³/mol. The average Bonchev–Trinajstić information content (AvgIpc) is 2.80. The first-order valence-corrected chi connectivity index (χ1v) is 9.19. The fourth-order valence-corrected chi connectivity index (χ4v) is 4.99. The lowest BCUT2D eigenvalue weighted by Gasteiger charge is -2.39. The molecule has 2 saturated carbocycles. The molecule has 0 radical (unpaired) electrons. The molecule has 0 spiro atoms. The van der Waals surface area contributed by atoms with Gasteiger partial charge in [0.05, 0.1) is 14.1 Å². The van der Waals surface area contributed by atoms with Gasteiger partial charge in [0.1, 0.15) is 12.6 Å². The summed E-state index contributed by atoms with van der Waals surface area (Å²) >= 11 is 0. The van der Waals surface area contributed by atoms with E-state index < -0.39 is 0 Å². The normalized spacial score (nSPS) is 31.2. The average molecular weight is 330 g/mol. The molecule has 2 aliphatic rings. The smallest absolute Gasteiger partial charge is 0.362 e. The molecular weight excluding hydrogens is 298 g/mol. The zero-order valence-corrected chi connectivity index (χ0v) is 15.8. The number of rotatable bonds is 5. The quantitative estimate of drug-likeness (QED) is 0.602. The maximum absolute atomic E-state index is 12.6. The van der Waals surface area contributed by atoms with Gasteiger partial charge in [-0.15, -0.1) is 0 Å². The van der Waals surface area contributed by atoms with Gasteiger partial charge in [-0.3, -0.25) is 0 Å². The van der Waals surface area contributed by atoms with E-state index in [0.717, 1.165) is 13.0 Å². The van der Waals surface area contributed by atoms with Gasteiger partial charge in [-0.2, -0.15) is 0 Å². The molecule has 3 nitrogen and oxygen atoms in total. The van der Waals surface area contributed by atoms with E-state index in [-0.39, 0.29) is 22.9 Å². The minimum absolute atomic E-state index is 0.0505. The number of ether oxygens (including phenoxy) is 1. The van der Waals surface area contributed by atoms with Crippen LogP contribution >= 0.6 is 0 Å². The molecular formula is C21H32NO2+. The largest absolute Gasteiger partial charge is 0.458 e. The Morgan fingerprint density at radius 3 is 2.42 bits per heavy atom. The van der Waals surface area contributed by atoms with Crippen LogP contribution in [0.1, 0.15) is 45.6 Å². The maximum atomic E-state index is 12.6. The second kappa shape index (κ2) is 5.87. The van der Waals surface area contributed by atoms with Crippen LogP contribution in [0.5, 0.6) is 0 Å². The third kappa shape index (κ3) is 2.99. The van der Waals surface area contributed by atoms with Crippen LogP contribution in [0.2, 0.25) is 0 Å². The summed E-state index contributed by atoms with van der Waals surface area (Å²) in [7, 11) is 4.20. The van der Waals surface area contributed by atoms with Crippen LogP contribution in [0.4, 0.5) is 0 Å². The number of carbonyl (C=O) groups excluding carboxylic acids is 1. The molecule has 3 heteroatoms. The molecule has 0 N–H and O–H groups in total. The molecule has 3 rings (SSSR count). The number of esters is 1. The Bertz CT molecular complexity index is 608. The third-order valence-electron chi connectivity index (χ3n) is 7.00. The third-order valence-corrected chi connectivity index (χ3v) is 7.00. The predicted octanol–water partition coefficient (Wildman–Crippen LogP) is 4.02. The molecule has 1 aromatic carbocycles. The highest BCUT2D eigenvalue weighted by molar-refractivity contribution is 5.71. The van der Waals surface area contributed by atoms with Crippen molar-refractivity contribution in [1.82, 2.24) is 0 Å². The SMILES string of the molecule is CC1(C)[C@@H]2CC[C@]1(C)[C@H](OC(=O)C[N+](C)(C)Cc1ccccc1)C2. The van der Waals surface area contributed by atoms with Crippen LogP contribution in [0.25, 0.3) is 0 Å². The van der Waals surface area contributed by atoms with Crippen molar-refractivity contribution >= 4 is 5.97 Å². The summed E-state index contributed by atoms with van der Waals surface area (Å²) < 4.78 is 6.63. The Morgan fingerprint density at radius 1 is 1.21 bits per heavy atom. The molecule has 24 heavy (non-hydrogen) atoms. The Kier molecular flexibility index (Phi) is 4.28. The van der Waals surface area contributed by atoms with Crippen LogP contribution in [0.15, 0.2) is 30.3 Å². The second-order valence-electron chi connectivity index (χ2n) is 9.33. The van der Waals surface area contributed by atoms with Crippen molar-refractivity contribution in [3.63, 3.8) is 0 Å². The molecule has 1 aromatic rings. The molecule has 2 aliphatic carbocycles. The number of likely N-dealkylation sites (N-methyl/N-ethyl adjacent to an activating group) is 1. The van der Waals surface area contributed by atoms with Crippen molar-refractivity contribution in [3.8, 4) is 0 Å². The molecule has 2 bridgehead atoms. The summed E-state index contributed by atoms with van der Waals surface area (Å²) in [4.78, 5) is 12.6. The highest BCUT2D eigenvalue weighted by Crippen LogP contribution is 2.66. The Hall–Kier alpha value is -1.35. The van der Waals surface area contributed by atoms with Crippen LogP contribution in [0.3, 0.4) is 0 Å². The van der Waals surface area contributed by atoms with E-state index in [2.05, 4.69) is 47.0 Å². The van der Waals surface area contributed by atoms with Crippen molar-refractivity contribution < 1.29 is 14.0 Å². The van der Waals surface area contributed by atoms with Gasteiger partial charge in [-0.25, -0.2) is 4.79 Å². The molecule has 0 saturated heterocycles. The lowest BCUT2D eigenvalue weighted by Crippen LogP contribution is -2.46. The lowest BCUT2D eigenvalue weighted by molar-refractivity contribution is -0.896. The van der Waals surface area contributed by atoms with Gasteiger partial charge in [-0.05, 0) is 30.6 Å². The maximum Gasteiger partial charge on any atom is 0.362 e. The molecule has 0 aliphatic heterocycles. The molecule has 0 heterocycles. The Balaban J connectivity index is 1.60. The number of quaternary nitrogens is 1. The van der Waals surface area contributed by atoms with E-state index in [1.807, 2.05) is 18.2 Å². The molecule has 0 unspecified atom stereocenters. The standard InChI is InChI=1S/C21H32NO2/c1-20(2)17-11-12-21(20,3)18(13-17)24-19(23)15-22(4,5)14-16-9-7-6-8-10-16/h6-10,17-18H,11-15H2,1-5H3/q+1/t17-,18-,21-/m1/s1. The van der Waals surface area contributed by atoms with Gasteiger partial charge in [-0.1, -0.05) is 51.1 Å². The highest BCUT2D eigenvalue weighted by atomic mass is 16.5. The first-order valence-electron chi connectivity index (χ1n) is 9.19. The Labute approximate surface area is 146 Å². The van der Waals surface area contributed by atoms with E-state index in [1.54, 1.807) is 0 Å². The zero-order valence-electron chi connectivity index (χ0n) is 15.8. The van der Waals surface area contributed by atoms with Crippen molar-refractivity contribution in [3.05, 3.63) is 35.9 Å². The lowest BCUT2D eigenvalue weighted by atomic mass is 9.70. The van der Waals surface area contributed by atoms with Gasteiger partial charge < -0.3 is 9.22 Å². The van der Waals surface area contributed by atoms with Crippen molar-refractivity contribution in [2.45, 2.75) is 52.7 Å². The number of nitrogens with zero attached hydrogens (tertiary/aromatic N) is 1. The summed E-state index contributed by atoms with van der Waals surface area (Å²) in [6.45, 7) is 8.29. The monoisotopic (exact) mass is 330 g/mol. The minimum atomic E-state index is -0.0505. The summed E-state index contributed by atoms with van der Waals surface area (Å²) in [6.07, 6.45) is 3.61. The number of carbonyl (C=O) groups is 1. The van der Waals surface area contributed by atoms with Crippen LogP contribution in [0, 0.1) is 16.7 Å². The molecule has 132 valence electrons. The minimum Gasteiger partial charge on any atom is -0.458 e. The van der Waals surface area contributed by atoms with Crippen LogP contribution < -0.4 is 0 Å². The Morgan fingerprint density at radius 2 is 1.88 bits per heavy atom. The van der Waals surface area contributed by atoms with Crippen molar-refractivity contribution in [1.29, 1.82) is 0 Å². The fraction of sp³-hybridized carbons (Fsp3) is 0.667. The first kappa shape index (κ1) is 17.5. The first-order chi connectivity index (χ1) is 11.1. The summed E-state index contributed by atoms with van der Waals surface area (Å²) in [5.74, 6) is 0.651. The number of hydrogen-bond donors (Lipinski definition) is 0. The van der Waals surface area contributed by atoms with Crippen LogP contribution in [-0.2, 0) is 16.1 Å². The summed E-state index contributed by atoms with van der Waals surface area (Å²) in [5, 5.41) is 0. The van der Waals surface area contributed by atoms with E-state index in [1.165, 1.54) is 18.4 Å². The highest BCUT2D eigenvalue weighted by Gasteiger charge is 2.62. The molecule has 2 fully saturated rings. The van der Waals surface area contributed by atoms with E-state index >= 15 is 0 Å². The second-order valence-corrected chi connectivity index (χ2v) is 9.33. The fourth-order valence-electron chi connectivity index (χ4n) is 4.99. The van der Waals surface area contributed by atoms with Crippen molar-refractivity contribution in [2.24, 2.45) is 16.7 Å². The number of fused-ring (bicyclic) bond motifs is 2.